The molecule has 1 aromatic carbocycles. The maximum atomic E-state index is 5.87. The van der Waals surface area contributed by atoms with Crippen molar-refractivity contribution in [1.82, 2.24) is 0 Å². The van der Waals surface area contributed by atoms with Gasteiger partial charge in [-0.2, -0.15) is 0 Å². The lowest BCUT2D eigenvalue weighted by atomic mass is 10.2. The molecule has 2 rings (SSSR count). The van der Waals surface area contributed by atoms with Gasteiger partial charge in [0.1, 0.15) is 0 Å². The van der Waals surface area contributed by atoms with Crippen molar-refractivity contribution in [1.29, 1.82) is 0 Å². The van der Waals surface area contributed by atoms with E-state index in [0.717, 1.165) is 5.39 Å². The summed E-state index contributed by atoms with van der Waals surface area (Å²) in [7, 11) is 0. The fourth-order valence-electron chi connectivity index (χ4n) is 1.08. The van der Waals surface area contributed by atoms with Crippen LogP contribution in [0.3, 0.4) is 0 Å². The molecular weight excluding hydrogens is 305 g/mol. The summed E-state index contributed by atoms with van der Waals surface area (Å²) in [5.74, 6) is 0. The number of nitrogen functional groups attached to an aromatic ring is 1. The van der Waals surface area contributed by atoms with Crippen molar-refractivity contribution in [3.63, 3.8) is 0 Å². The Labute approximate surface area is 92.7 Å². The van der Waals surface area contributed by atoms with Crippen LogP contribution in [0.25, 0.3) is 10.1 Å². The number of fused-ring (bicyclic) bond motifs is 1. The highest BCUT2D eigenvalue weighted by Crippen LogP contribution is 2.34. The van der Waals surface area contributed by atoms with Gasteiger partial charge in [-0.15, -0.1) is 11.3 Å². The van der Waals surface area contributed by atoms with Crippen LogP contribution < -0.4 is 5.73 Å². The Bertz CT molecular complexity index is 438. The van der Waals surface area contributed by atoms with Crippen LogP contribution in [0.2, 0.25) is 5.02 Å². The minimum absolute atomic E-state index is 0.636. The molecule has 2 aromatic rings. The van der Waals surface area contributed by atoms with Crippen LogP contribution in [0, 0.1) is 2.88 Å². The van der Waals surface area contributed by atoms with E-state index in [4.69, 9.17) is 17.3 Å². The zero-order valence-corrected chi connectivity index (χ0v) is 9.70. The second-order valence-electron chi connectivity index (χ2n) is 2.42. The van der Waals surface area contributed by atoms with Gasteiger partial charge in [-0.05, 0) is 40.8 Å². The Morgan fingerprint density at radius 3 is 2.92 bits per heavy atom. The van der Waals surface area contributed by atoms with Crippen molar-refractivity contribution in [3.8, 4) is 0 Å². The Morgan fingerprint density at radius 1 is 1.42 bits per heavy atom. The molecule has 12 heavy (non-hydrogen) atoms. The molecule has 1 aromatic heterocycles. The van der Waals surface area contributed by atoms with Gasteiger partial charge < -0.3 is 5.73 Å². The quantitative estimate of drug-likeness (QED) is 0.582. The minimum Gasteiger partial charge on any atom is -0.397 e. The highest BCUT2D eigenvalue weighted by molar-refractivity contribution is 14.1. The molecular formula is C8H5ClINS. The molecule has 2 N–H and O–H groups in total. The molecule has 0 saturated carbocycles. The van der Waals surface area contributed by atoms with Crippen molar-refractivity contribution < 1.29 is 0 Å². The van der Waals surface area contributed by atoms with E-state index in [1.54, 1.807) is 11.3 Å². The van der Waals surface area contributed by atoms with E-state index < -0.39 is 0 Å². The third-order valence-corrected chi connectivity index (χ3v) is 3.85. The summed E-state index contributed by atoms with van der Waals surface area (Å²) in [4.78, 5) is 0. The molecule has 0 amide bonds. The standard InChI is InChI=1S/C8H5ClINS/c9-5-1-2-6-4(8(5)11)3-7(10)12-6/h1-3H,11H2. The zero-order chi connectivity index (χ0) is 8.72. The van der Waals surface area contributed by atoms with E-state index in [9.17, 15) is 0 Å². The van der Waals surface area contributed by atoms with Gasteiger partial charge in [-0.1, -0.05) is 11.6 Å². The first-order valence-electron chi connectivity index (χ1n) is 3.31. The molecule has 0 aliphatic rings. The van der Waals surface area contributed by atoms with Gasteiger partial charge >= 0.3 is 0 Å². The lowest BCUT2D eigenvalue weighted by Gasteiger charge is -1.97. The molecule has 0 radical (unpaired) electrons. The number of thiophene rings is 1. The molecule has 1 nitrogen and oxygen atoms in total. The predicted molar refractivity (Wildman–Crippen MR) is 64.0 cm³/mol. The maximum Gasteiger partial charge on any atom is 0.0666 e. The number of halogens is 2. The summed E-state index contributed by atoms with van der Waals surface area (Å²) in [6.07, 6.45) is 0. The summed E-state index contributed by atoms with van der Waals surface area (Å²) in [6, 6.07) is 5.90. The fourth-order valence-corrected chi connectivity index (χ4v) is 3.07. The second kappa shape index (κ2) is 3.05. The number of nitrogens with two attached hydrogens (primary N) is 1. The highest BCUT2D eigenvalue weighted by atomic mass is 127. The highest BCUT2D eigenvalue weighted by Gasteiger charge is 2.05. The van der Waals surface area contributed by atoms with Crippen LogP contribution in [0.4, 0.5) is 5.69 Å². The van der Waals surface area contributed by atoms with Gasteiger partial charge in [-0.3, -0.25) is 0 Å². The predicted octanol–water partition coefficient (Wildman–Crippen LogP) is 3.74. The van der Waals surface area contributed by atoms with E-state index in [1.807, 2.05) is 12.1 Å². The normalized spacial score (nSPS) is 10.8. The van der Waals surface area contributed by atoms with Gasteiger partial charge in [0.2, 0.25) is 0 Å². The van der Waals surface area contributed by atoms with Crippen molar-refractivity contribution in [2.24, 2.45) is 0 Å². The Hall–Kier alpha value is -0.000000000000000111. The molecule has 0 atom stereocenters. The van der Waals surface area contributed by atoms with E-state index >= 15 is 0 Å². The summed E-state index contributed by atoms with van der Waals surface area (Å²) in [5.41, 5.74) is 6.49. The van der Waals surface area contributed by atoms with Crippen LogP contribution in [-0.4, -0.2) is 0 Å². The van der Waals surface area contributed by atoms with Crippen molar-refractivity contribution in [2.75, 3.05) is 5.73 Å². The lowest BCUT2D eigenvalue weighted by Crippen LogP contribution is -1.85. The zero-order valence-electron chi connectivity index (χ0n) is 5.97. The van der Waals surface area contributed by atoms with Crippen molar-refractivity contribution in [2.45, 2.75) is 0 Å². The van der Waals surface area contributed by atoms with E-state index in [0.29, 0.717) is 10.7 Å². The molecule has 0 bridgehead atoms. The van der Waals surface area contributed by atoms with Crippen LogP contribution >= 0.6 is 45.5 Å². The van der Waals surface area contributed by atoms with E-state index in [-0.39, 0.29) is 0 Å². The number of hydrogen-bond donors (Lipinski definition) is 1. The van der Waals surface area contributed by atoms with Gasteiger partial charge in [0.15, 0.2) is 0 Å². The average molecular weight is 310 g/mol. The first-order chi connectivity index (χ1) is 5.68. The monoisotopic (exact) mass is 309 g/mol. The Kier molecular flexibility index (Phi) is 2.18. The van der Waals surface area contributed by atoms with Gasteiger partial charge in [-0.25, -0.2) is 0 Å². The van der Waals surface area contributed by atoms with Gasteiger partial charge in [0.25, 0.3) is 0 Å². The number of benzene rings is 1. The van der Waals surface area contributed by atoms with Gasteiger partial charge in [0.05, 0.1) is 13.6 Å². The van der Waals surface area contributed by atoms with Gasteiger partial charge in [0, 0.05) is 10.1 Å². The largest absolute Gasteiger partial charge is 0.397 e. The summed E-state index contributed by atoms with van der Waals surface area (Å²) in [5, 5.41) is 1.70. The number of rotatable bonds is 0. The topological polar surface area (TPSA) is 26.0 Å². The van der Waals surface area contributed by atoms with E-state index in [2.05, 4.69) is 28.7 Å². The number of anilines is 1. The third kappa shape index (κ3) is 1.30. The SMILES string of the molecule is Nc1c(Cl)ccc2sc(I)cc12. The minimum atomic E-state index is 0.636. The molecule has 1 heterocycles. The summed E-state index contributed by atoms with van der Waals surface area (Å²) in [6.45, 7) is 0. The third-order valence-electron chi connectivity index (χ3n) is 1.66. The van der Waals surface area contributed by atoms with Crippen molar-refractivity contribution >= 4 is 61.3 Å². The molecule has 0 saturated heterocycles. The summed E-state index contributed by atoms with van der Waals surface area (Å²) < 4.78 is 2.43. The Balaban J connectivity index is 2.89. The van der Waals surface area contributed by atoms with Crippen LogP contribution in [0.5, 0.6) is 0 Å². The summed E-state index contributed by atoms with van der Waals surface area (Å²) >= 11 is 9.88. The molecule has 4 heteroatoms. The molecule has 0 fully saturated rings. The van der Waals surface area contributed by atoms with Crippen molar-refractivity contribution in [3.05, 3.63) is 26.1 Å². The number of hydrogen-bond acceptors (Lipinski definition) is 2. The fraction of sp³-hybridized carbons (Fsp3) is 0. The van der Waals surface area contributed by atoms with Crippen LogP contribution in [-0.2, 0) is 0 Å². The Morgan fingerprint density at radius 2 is 2.17 bits per heavy atom. The van der Waals surface area contributed by atoms with E-state index in [1.165, 1.54) is 7.58 Å². The average Bonchev–Trinajstić information content (AvgIpc) is 2.39. The lowest BCUT2D eigenvalue weighted by molar-refractivity contribution is 1.79. The molecule has 0 aliphatic carbocycles. The van der Waals surface area contributed by atoms with Crippen LogP contribution in [0.1, 0.15) is 0 Å². The molecule has 0 spiro atoms. The first-order valence-corrected chi connectivity index (χ1v) is 5.59. The smallest absolute Gasteiger partial charge is 0.0666 e. The maximum absolute atomic E-state index is 5.87. The molecule has 0 aliphatic heterocycles. The van der Waals surface area contributed by atoms with Crippen LogP contribution in [0.15, 0.2) is 18.2 Å². The second-order valence-corrected chi connectivity index (χ2v) is 5.81. The molecule has 0 unspecified atom stereocenters. The molecule has 62 valence electrons. The first kappa shape index (κ1) is 8.59.